The third kappa shape index (κ3) is 3.87. The van der Waals surface area contributed by atoms with E-state index in [1.165, 1.54) is 16.9 Å². The molecule has 8 heteroatoms. The summed E-state index contributed by atoms with van der Waals surface area (Å²) in [6, 6.07) is 5.91. The SMILES string of the molecule is C[C@H]1OCCN[C@@H]1C(=O)Nc1cnn(-c2ccccc2F)c1.Cl. The van der Waals surface area contributed by atoms with E-state index in [0.29, 0.717) is 24.5 Å². The van der Waals surface area contributed by atoms with Crippen LogP contribution in [0.1, 0.15) is 6.92 Å². The number of rotatable bonds is 3. The normalized spacial score (nSPS) is 20.6. The summed E-state index contributed by atoms with van der Waals surface area (Å²) in [7, 11) is 0. The molecule has 0 unspecified atom stereocenters. The summed E-state index contributed by atoms with van der Waals surface area (Å²) in [4.78, 5) is 12.2. The first-order valence-corrected chi connectivity index (χ1v) is 7.10. The number of morpholine rings is 1. The van der Waals surface area contributed by atoms with Crippen molar-refractivity contribution < 1.29 is 13.9 Å². The minimum atomic E-state index is -0.412. The third-order valence-corrected chi connectivity index (χ3v) is 3.55. The molecule has 6 nitrogen and oxygen atoms in total. The molecule has 1 aliphatic rings. The molecule has 0 radical (unpaired) electrons. The topological polar surface area (TPSA) is 68.2 Å². The maximum absolute atomic E-state index is 13.7. The molecule has 2 N–H and O–H groups in total. The number of amides is 1. The van der Waals surface area contributed by atoms with Crippen LogP contribution in [0.4, 0.5) is 10.1 Å². The summed E-state index contributed by atoms with van der Waals surface area (Å²) >= 11 is 0. The molecule has 1 saturated heterocycles. The Morgan fingerprint density at radius 1 is 1.48 bits per heavy atom. The molecule has 0 saturated carbocycles. The van der Waals surface area contributed by atoms with E-state index >= 15 is 0 Å². The standard InChI is InChI=1S/C15H17FN4O2.ClH/c1-10-14(17-6-7-22-10)15(21)19-11-8-18-20(9-11)13-5-3-2-4-12(13)16;/h2-5,8-10,14,17H,6-7H2,1H3,(H,19,21);1H/t10-,14+;/m1./s1. The number of halogens is 2. The van der Waals surface area contributed by atoms with E-state index in [2.05, 4.69) is 15.7 Å². The van der Waals surface area contributed by atoms with E-state index < -0.39 is 6.04 Å². The van der Waals surface area contributed by atoms with Gasteiger partial charge in [0.2, 0.25) is 5.91 Å². The number of benzene rings is 1. The van der Waals surface area contributed by atoms with E-state index in [4.69, 9.17) is 4.74 Å². The molecular formula is C15H18ClFN4O2. The van der Waals surface area contributed by atoms with Crippen molar-refractivity contribution in [3.8, 4) is 5.69 Å². The molecule has 0 spiro atoms. The Bertz CT molecular complexity index is 679. The average molecular weight is 341 g/mol. The Morgan fingerprint density at radius 2 is 2.26 bits per heavy atom. The van der Waals surface area contributed by atoms with E-state index in [1.54, 1.807) is 24.4 Å². The Kier molecular flexibility index (Phi) is 5.70. The van der Waals surface area contributed by atoms with Crippen molar-refractivity contribution in [1.29, 1.82) is 0 Å². The van der Waals surface area contributed by atoms with Crippen molar-refractivity contribution in [2.75, 3.05) is 18.5 Å². The van der Waals surface area contributed by atoms with Gasteiger partial charge in [0.05, 0.1) is 30.8 Å². The molecule has 2 heterocycles. The molecule has 23 heavy (non-hydrogen) atoms. The zero-order valence-electron chi connectivity index (χ0n) is 12.5. The fourth-order valence-corrected chi connectivity index (χ4v) is 2.40. The highest BCUT2D eigenvalue weighted by molar-refractivity contribution is 5.95. The predicted molar refractivity (Wildman–Crippen MR) is 86.6 cm³/mol. The smallest absolute Gasteiger partial charge is 0.244 e. The second-order valence-corrected chi connectivity index (χ2v) is 5.12. The van der Waals surface area contributed by atoms with Gasteiger partial charge in [0.25, 0.3) is 0 Å². The number of nitrogens with one attached hydrogen (secondary N) is 2. The van der Waals surface area contributed by atoms with Gasteiger partial charge in [-0.25, -0.2) is 9.07 Å². The average Bonchev–Trinajstić information content (AvgIpc) is 2.96. The summed E-state index contributed by atoms with van der Waals surface area (Å²) in [6.07, 6.45) is 2.86. The van der Waals surface area contributed by atoms with Gasteiger partial charge in [0.1, 0.15) is 17.5 Å². The first-order valence-electron chi connectivity index (χ1n) is 7.10. The molecule has 0 aliphatic carbocycles. The monoisotopic (exact) mass is 340 g/mol. The van der Waals surface area contributed by atoms with E-state index in [9.17, 15) is 9.18 Å². The number of carbonyl (C=O) groups excluding carboxylic acids is 1. The van der Waals surface area contributed by atoms with Crippen LogP contribution in [-0.2, 0) is 9.53 Å². The Morgan fingerprint density at radius 3 is 3.00 bits per heavy atom. The van der Waals surface area contributed by atoms with Gasteiger partial charge in [0.15, 0.2) is 0 Å². The highest BCUT2D eigenvalue weighted by Gasteiger charge is 2.28. The van der Waals surface area contributed by atoms with Crippen LogP contribution >= 0.6 is 12.4 Å². The fourth-order valence-electron chi connectivity index (χ4n) is 2.40. The number of anilines is 1. The van der Waals surface area contributed by atoms with Crippen LogP contribution in [0.2, 0.25) is 0 Å². The van der Waals surface area contributed by atoms with Gasteiger partial charge in [-0.15, -0.1) is 12.4 Å². The van der Waals surface area contributed by atoms with E-state index in [-0.39, 0.29) is 30.2 Å². The first-order chi connectivity index (χ1) is 10.6. The molecule has 1 aromatic carbocycles. The number of carbonyl (C=O) groups is 1. The summed E-state index contributed by atoms with van der Waals surface area (Å²) in [5.74, 6) is -0.570. The molecule has 1 fully saturated rings. The van der Waals surface area contributed by atoms with Crippen molar-refractivity contribution in [3.63, 3.8) is 0 Å². The number of hydrogen-bond donors (Lipinski definition) is 2. The number of para-hydroxylation sites is 1. The van der Waals surface area contributed by atoms with Crippen molar-refractivity contribution in [1.82, 2.24) is 15.1 Å². The molecular weight excluding hydrogens is 323 g/mol. The zero-order chi connectivity index (χ0) is 15.5. The number of ether oxygens (including phenoxy) is 1. The molecule has 2 aromatic rings. The minimum absolute atomic E-state index is 0. The summed E-state index contributed by atoms with van der Waals surface area (Å²) in [5, 5.41) is 9.95. The van der Waals surface area contributed by atoms with Gasteiger partial charge < -0.3 is 15.4 Å². The fraction of sp³-hybridized carbons (Fsp3) is 0.333. The molecule has 0 bridgehead atoms. The molecule has 2 atom stereocenters. The highest BCUT2D eigenvalue weighted by Crippen LogP contribution is 2.15. The maximum Gasteiger partial charge on any atom is 0.244 e. The summed E-state index contributed by atoms with van der Waals surface area (Å²) < 4.78 is 20.5. The van der Waals surface area contributed by atoms with Crippen LogP contribution in [0.3, 0.4) is 0 Å². The Labute approximate surface area is 139 Å². The van der Waals surface area contributed by atoms with Gasteiger partial charge >= 0.3 is 0 Å². The van der Waals surface area contributed by atoms with Gasteiger partial charge in [-0.2, -0.15) is 5.10 Å². The van der Waals surface area contributed by atoms with Crippen LogP contribution in [0, 0.1) is 5.82 Å². The lowest BCUT2D eigenvalue weighted by molar-refractivity contribution is -0.123. The molecule has 124 valence electrons. The third-order valence-electron chi connectivity index (χ3n) is 3.55. The van der Waals surface area contributed by atoms with Crippen LogP contribution in [-0.4, -0.2) is 41.0 Å². The predicted octanol–water partition coefficient (Wildman–Crippen LogP) is 1.75. The minimum Gasteiger partial charge on any atom is -0.375 e. The highest BCUT2D eigenvalue weighted by atomic mass is 35.5. The largest absolute Gasteiger partial charge is 0.375 e. The summed E-state index contributed by atoms with van der Waals surface area (Å²) in [6.45, 7) is 3.08. The number of nitrogens with zero attached hydrogens (tertiary/aromatic N) is 2. The number of hydrogen-bond acceptors (Lipinski definition) is 4. The molecule has 1 amide bonds. The van der Waals surface area contributed by atoms with Gasteiger partial charge in [-0.1, -0.05) is 12.1 Å². The van der Waals surface area contributed by atoms with Crippen molar-refractivity contribution in [2.24, 2.45) is 0 Å². The van der Waals surface area contributed by atoms with Crippen molar-refractivity contribution in [3.05, 3.63) is 42.5 Å². The quantitative estimate of drug-likeness (QED) is 0.893. The van der Waals surface area contributed by atoms with Gasteiger partial charge in [-0.05, 0) is 19.1 Å². The second-order valence-electron chi connectivity index (χ2n) is 5.12. The lowest BCUT2D eigenvalue weighted by Crippen LogP contribution is -2.53. The van der Waals surface area contributed by atoms with Gasteiger partial charge in [0, 0.05) is 6.54 Å². The van der Waals surface area contributed by atoms with Crippen LogP contribution in [0.15, 0.2) is 36.7 Å². The van der Waals surface area contributed by atoms with Crippen LogP contribution in [0.5, 0.6) is 0 Å². The zero-order valence-corrected chi connectivity index (χ0v) is 13.3. The van der Waals surface area contributed by atoms with Gasteiger partial charge in [-0.3, -0.25) is 4.79 Å². The lowest BCUT2D eigenvalue weighted by atomic mass is 10.1. The second kappa shape index (κ2) is 7.54. The Hall–Kier alpha value is -1.96. The molecule has 1 aliphatic heterocycles. The van der Waals surface area contributed by atoms with Crippen LogP contribution in [0.25, 0.3) is 5.69 Å². The number of aromatic nitrogens is 2. The van der Waals surface area contributed by atoms with Crippen LogP contribution < -0.4 is 10.6 Å². The van der Waals surface area contributed by atoms with E-state index in [1.807, 2.05) is 6.92 Å². The molecule has 1 aromatic heterocycles. The van der Waals surface area contributed by atoms with Crippen molar-refractivity contribution in [2.45, 2.75) is 19.1 Å². The summed E-state index contributed by atoms with van der Waals surface area (Å²) in [5.41, 5.74) is 0.836. The maximum atomic E-state index is 13.7. The van der Waals surface area contributed by atoms with E-state index in [0.717, 1.165) is 0 Å². The molecule has 3 rings (SSSR count). The Balaban J connectivity index is 0.00000192. The first kappa shape index (κ1) is 17.4. The lowest BCUT2D eigenvalue weighted by Gasteiger charge is -2.29. The van der Waals surface area contributed by atoms with Crippen molar-refractivity contribution >= 4 is 24.0 Å².